The molecule has 182 valence electrons. The standard InChI is InChI=1S/C24H26ClO8P/c1-3-29-21(26)19(17-11-7-5-8-12-17)15-23(25,24-31-34(28,32-24)33-24)16-20(22(27)30-4-2)18-13-9-6-10-14-18/h5-14,19-20H,3-4,15-16H2,1-2H3. The molecule has 10 heteroatoms. The lowest BCUT2D eigenvalue weighted by Gasteiger charge is -2.62. The van der Waals surface area contributed by atoms with Gasteiger partial charge in [0.2, 0.25) is 0 Å². The van der Waals surface area contributed by atoms with Crippen molar-refractivity contribution in [2.45, 2.75) is 49.4 Å². The predicted octanol–water partition coefficient (Wildman–Crippen LogP) is 5.28. The molecule has 3 aliphatic rings. The Hall–Kier alpha value is -2.22. The summed E-state index contributed by atoms with van der Waals surface area (Å²) in [6, 6.07) is 18.0. The highest BCUT2D eigenvalue weighted by atomic mass is 35.5. The molecule has 2 atom stereocenters. The van der Waals surface area contributed by atoms with Gasteiger partial charge < -0.3 is 9.47 Å². The highest BCUT2D eigenvalue weighted by Crippen LogP contribution is 2.84. The van der Waals surface area contributed by atoms with Gasteiger partial charge in [-0.25, -0.2) is 18.1 Å². The van der Waals surface area contributed by atoms with Crippen molar-refractivity contribution in [2.24, 2.45) is 0 Å². The number of phosphoric acid groups is 1. The number of rotatable bonds is 11. The molecule has 2 bridgehead atoms. The lowest BCUT2D eigenvalue weighted by Crippen LogP contribution is -2.69. The van der Waals surface area contributed by atoms with Gasteiger partial charge in [0.1, 0.15) is 4.87 Å². The van der Waals surface area contributed by atoms with Crippen LogP contribution < -0.4 is 0 Å². The molecule has 0 saturated carbocycles. The van der Waals surface area contributed by atoms with Crippen molar-refractivity contribution >= 4 is 31.4 Å². The van der Waals surface area contributed by atoms with Crippen LogP contribution in [0.25, 0.3) is 0 Å². The van der Waals surface area contributed by atoms with Crippen molar-refractivity contribution in [1.29, 1.82) is 0 Å². The number of hydrogen-bond acceptors (Lipinski definition) is 8. The van der Waals surface area contributed by atoms with Crippen LogP contribution in [0.3, 0.4) is 0 Å². The number of carbonyl (C=O) groups is 2. The Labute approximate surface area is 203 Å². The summed E-state index contributed by atoms with van der Waals surface area (Å²) in [4.78, 5) is 24.4. The largest absolute Gasteiger partial charge is 0.488 e. The van der Waals surface area contributed by atoms with Crippen LogP contribution in [0, 0.1) is 0 Å². The van der Waals surface area contributed by atoms with E-state index in [-0.39, 0.29) is 26.1 Å². The fourth-order valence-electron chi connectivity index (χ4n) is 4.22. The molecule has 5 rings (SSSR count). The SMILES string of the molecule is CCOC(=O)C(CC(Cl)(CC(C(=O)OCC)c1ccccc1)C12OP(=O)(O1)O2)c1ccccc1. The van der Waals surface area contributed by atoms with E-state index in [1.807, 2.05) is 12.1 Å². The van der Waals surface area contributed by atoms with E-state index in [2.05, 4.69) is 0 Å². The van der Waals surface area contributed by atoms with Crippen molar-refractivity contribution < 1.29 is 37.2 Å². The number of ether oxygens (including phenoxy) is 2. The third kappa shape index (κ3) is 4.66. The number of esters is 2. The van der Waals surface area contributed by atoms with Crippen LogP contribution in [-0.2, 0) is 37.2 Å². The Morgan fingerprint density at radius 1 is 0.853 bits per heavy atom. The van der Waals surface area contributed by atoms with Gasteiger partial charge >= 0.3 is 25.7 Å². The minimum Gasteiger partial charge on any atom is -0.466 e. The number of carbonyl (C=O) groups excluding carboxylic acids is 2. The van der Waals surface area contributed by atoms with E-state index >= 15 is 0 Å². The molecule has 3 heterocycles. The first-order chi connectivity index (χ1) is 16.2. The van der Waals surface area contributed by atoms with Gasteiger partial charge in [-0.15, -0.1) is 11.6 Å². The maximum Gasteiger partial charge on any atom is 0.488 e. The molecule has 0 N–H and O–H groups in total. The highest BCUT2D eigenvalue weighted by Gasteiger charge is 2.83. The van der Waals surface area contributed by atoms with Gasteiger partial charge in [-0.2, -0.15) is 0 Å². The molecule has 2 aromatic rings. The lowest BCUT2D eigenvalue weighted by atomic mass is 9.79. The van der Waals surface area contributed by atoms with Crippen LogP contribution in [-0.4, -0.2) is 36.0 Å². The quantitative estimate of drug-likeness (QED) is 0.230. The number of hydrogen-bond donors (Lipinski definition) is 0. The summed E-state index contributed by atoms with van der Waals surface area (Å²) in [6.45, 7) is 3.78. The summed E-state index contributed by atoms with van der Waals surface area (Å²) in [5.41, 5.74) is 1.33. The zero-order valence-electron chi connectivity index (χ0n) is 18.8. The van der Waals surface area contributed by atoms with Gasteiger partial charge in [0.25, 0.3) is 0 Å². The monoisotopic (exact) mass is 508 g/mol. The molecule has 0 amide bonds. The summed E-state index contributed by atoms with van der Waals surface area (Å²) >= 11 is 7.15. The minimum absolute atomic E-state index is 0.0693. The summed E-state index contributed by atoms with van der Waals surface area (Å²) < 4.78 is 38.9. The van der Waals surface area contributed by atoms with Gasteiger partial charge in [0, 0.05) is 0 Å². The van der Waals surface area contributed by atoms with Crippen LogP contribution in [0.1, 0.15) is 49.7 Å². The van der Waals surface area contributed by atoms with Crippen LogP contribution in [0.15, 0.2) is 60.7 Å². The summed E-state index contributed by atoms with van der Waals surface area (Å²) in [5, 5.41) is 0. The van der Waals surface area contributed by atoms with Gasteiger partial charge in [-0.1, -0.05) is 60.7 Å². The molecular formula is C24H26ClO8P. The molecule has 2 unspecified atom stereocenters. The van der Waals surface area contributed by atoms with Crippen LogP contribution in [0.2, 0.25) is 0 Å². The average molecular weight is 509 g/mol. The van der Waals surface area contributed by atoms with Gasteiger partial charge in [-0.05, 0) is 37.8 Å². The highest BCUT2D eigenvalue weighted by molar-refractivity contribution is 7.51. The Kier molecular flexibility index (Phi) is 7.17. The fourth-order valence-corrected chi connectivity index (χ4v) is 6.25. The molecule has 0 aliphatic carbocycles. The van der Waals surface area contributed by atoms with Gasteiger partial charge in [-0.3, -0.25) is 9.59 Å². The Balaban J connectivity index is 1.71. The Morgan fingerprint density at radius 2 is 1.24 bits per heavy atom. The van der Waals surface area contributed by atoms with Crippen molar-refractivity contribution in [3.8, 4) is 0 Å². The van der Waals surface area contributed by atoms with E-state index in [0.717, 1.165) is 0 Å². The summed E-state index contributed by atoms with van der Waals surface area (Å²) in [5.74, 6) is -4.47. The van der Waals surface area contributed by atoms with Crippen molar-refractivity contribution in [3.63, 3.8) is 0 Å². The molecule has 0 radical (unpaired) electrons. The van der Waals surface area contributed by atoms with Crippen molar-refractivity contribution in [2.75, 3.05) is 13.2 Å². The van der Waals surface area contributed by atoms with Crippen molar-refractivity contribution in [3.05, 3.63) is 71.8 Å². The average Bonchev–Trinajstić information content (AvgIpc) is 2.80. The van der Waals surface area contributed by atoms with Crippen LogP contribution >= 0.6 is 19.4 Å². The number of phosphoric ester groups is 1. The zero-order chi connectivity index (χ0) is 24.4. The third-order valence-corrected chi connectivity index (χ3v) is 7.78. The normalized spacial score (nSPS) is 26.2. The third-order valence-electron chi connectivity index (χ3n) is 5.85. The smallest absolute Gasteiger partial charge is 0.466 e. The molecule has 0 spiro atoms. The molecule has 2 aromatic carbocycles. The van der Waals surface area contributed by atoms with E-state index in [4.69, 9.17) is 34.6 Å². The maximum absolute atomic E-state index is 13.0. The first-order valence-corrected chi connectivity index (χ1v) is 12.9. The van der Waals surface area contributed by atoms with Crippen molar-refractivity contribution in [1.82, 2.24) is 0 Å². The van der Waals surface area contributed by atoms with Crippen LogP contribution in [0.5, 0.6) is 0 Å². The van der Waals surface area contributed by atoms with Crippen LogP contribution in [0.4, 0.5) is 0 Å². The second kappa shape index (κ2) is 9.80. The predicted molar refractivity (Wildman–Crippen MR) is 123 cm³/mol. The molecule has 0 aromatic heterocycles. The summed E-state index contributed by atoms with van der Waals surface area (Å²) in [6.07, 6.45) is -0.139. The maximum atomic E-state index is 13.0. The number of benzene rings is 2. The van der Waals surface area contributed by atoms with E-state index in [1.165, 1.54) is 0 Å². The molecular weight excluding hydrogens is 483 g/mol. The van der Waals surface area contributed by atoms with E-state index in [9.17, 15) is 14.2 Å². The van der Waals surface area contributed by atoms with E-state index in [0.29, 0.717) is 11.1 Å². The molecule has 3 saturated heterocycles. The second-order valence-corrected chi connectivity index (χ2v) is 10.2. The Morgan fingerprint density at radius 3 is 1.56 bits per heavy atom. The molecule has 3 aliphatic heterocycles. The number of halogens is 1. The molecule has 8 nitrogen and oxygen atoms in total. The second-order valence-electron chi connectivity index (χ2n) is 8.08. The van der Waals surface area contributed by atoms with Gasteiger partial charge in [0.05, 0.1) is 25.0 Å². The van der Waals surface area contributed by atoms with Gasteiger partial charge in [0.15, 0.2) is 0 Å². The topological polar surface area (TPSA) is 97.4 Å². The first-order valence-electron chi connectivity index (χ1n) is 11.1. The number of alkyl halides is 1. The van der Waals surface area contributed by atoms with E-state index < -0.39 is 42.4 Å². The lowest BCUT2D eigenvalue weighted by molar-refractivity contribution is -0.445. The Bertz CT molecular complexity index is 987. The summed E-state index contributed by atoms with van der Waals surface area (Å²) in [7, 11) is -3.60. The minimum atomic E-state index is -3.60. The fraction of sp³-hybridized carbons (Fsp3) is 0.417. The first kappa shape index (κ1) is 24.9. The molecule has 3 fully saturated rings. The van der Waals surface area contributed by atoms with E-state index in [1.54, 1.807) is 62.4 Å². The zero-order valence-corrected chi connectivity index (χ0v) is 20.5. The molecule has 34 heavy (non-hydrogen) atoms.